The van der Waals surface area contributed by atoms with Gasteiger partial charge in [-0.1, -0.05) is 6.92 Å². The maximum absolute atomic E-state index is 5.34. The van der Waals surface area contributed by atoms with Gasteiger partial charge in [-0.3, -0.25) is 5.10 Å². The third kappa shape index (κ3) is 1.94. The van der Waals surface area contributed by atoms with Gasteiger partial charge in [-0.25, -0.2) is 0 Å². The molecule has 0 aliphatic rings. The zero-order chi connectivity index (χ0) is 8.10. The Morgan fingerprint density at radius 3 is 3.18 bits per heavy atom. The van der Waals surface area contributed by atoms with E-state index in [1.54, 1.807) is 6.20 Å². The van der Waals surface area contributed by atoms with Crippen molar-refractivity contribution in [1.29, 1.82) is 0 Å². The molecule has 0 aromatic carbocycles. The Balaban J connectivity index is 2.54. The topological polar surface area (TPSA) is 66.7 Å². The van der Waals surface area contributed by atoms with Crippen LogP contribution >= 0.6 is 0 Å². The summed E-state index contributed by atoms with van der Waals surface area (Å²) in [5.41, 5.74) is 7.55. The first-order valence-corrected chi connectivity index (χ1v) is 3.84. The van der Waals surface area contributed by atoms with Crippen molar-refractivity contribution in [3.63, 3.8) is 0 Å². The second kappa shape index (κ2) is 3.98. The minimum atomic E-state index is 0.647. The molecule has 1 heterocycles. The van der Waals surface area contributed by atoms with Crippen molar-refractivity contribution in [2.24, 2.45) is 5.73 Å². The highest BCUT2D eigenvalue weighted by atomic mass is 15.1. The van der Waals surface area contributed by atoms with Crippen molar-refractivity contribution < 1.29 is 0 Å². The highest BCUT2D eigenvalue weighted by Gasteiger charge is 1.99. The molecule has 0 amide bonds. The van der Waals surface area contributed by atoms with E-state index in [0.717, 1.165) is 24.3 Å². The Kier molecular flexibility index (Phi) is 2.92. The number of nitrogens with zero attached hydrogens (tertiary/aromatic N) is 1. The van der Waals surface area contributed by atoms with E-state index in [1.165, 1.54) is 0 Å². The normalized spacial score (nSPS) is 10.0. The average Bonchev–Trinajstić information content (AvgIpc) is 2.47. The summed E-state index contributed by atoms with van der Waals surface area (Å²) >= 11 is 0. The van der Waals surface area contributed by atoms with Crippen LogP contribution in [0.3, 0.4) is 0 Å². The lowest BCUT2D eigenvalue weighted by Gasteiger charge is -2.02. The monoisotopic (exact) mass is 154 g/mol. The summed E-state index contributed by atoms with van der Waals surface area (Å²) in [5, 5.41) is 10.0. The van der Waals surface area contributed by atoms with Gasteiger partial charge in [-0.15, -0.1) is 0 Å². The minimum Gasteiger partial charge on any atom is -0.381 e. The lowest BCUT2D eigenvalue weighted by molar-refractivity contribution is 0.968. The van der Waals surface area contributed by atoms with Gasteiger partial charge in [0.1, 0.15) is 0 Å². The van der Waals surface area contributed by atoms with Crippen molar-refractivity contribution in [3.05, 3.63) is 11.9 Å². The quantitative estimate of drug-likeness (QED) is 0.586. The van der Waals surface area contributed by atoms with E-state index in [1.807, 2.05) is 0 Å². The van der Waals surface area contributed by atoms with E-state index in [9.17, 15) is 0 Å². The third-order valence-electron chi connectivity index (χ3n) is 1.53. The van der Waals surface area contributed by atoms with Crippen molar-refractivity contribution in [2.75, 3.05) is 18.4 Å². The largest absolute Gasteiger partial charge is 0.381 e. The number of nitrogens with two attached hydrogens (primary N) is 1. The number of nitrogens with one attached hydrogen (secondary N) is 2. The highest BCUT2D eigenvalue weighted by molar-refractivity contribution is 5.45. The van der Waals surface area contributed by atoms with Gasteiger partial charge in [-0.2, -0.15) is 5.10 Å². The minimum absolute atomic E-state index is 0.647. The van der Waals surface area contributed by atoms with Crippen LogP contribution in [0.25, 0.3) is 0 Å². The molecule has 4 N–H and O–H groups in total. The third-order valence-corrected chi connectivity index (χ3v) is 1.53. The molecule has 0 aliphatic carbocycles. The molecule has 0 radical (unpaired) electrons. The molecule has 0 fully saturated rings. The predicted octanol–water partition coefficient (Wildman–Crippen LogP) is 0.343. The number of H-pyrrole nitrogens is 1. The summed E-state index contributed by atoms with van der Waals surface area (Å²) in [4.78, 5) is 0. The van der Waals surface area contributed by atoms with Crippen LogP contribution in [-0.4, -0.2) is 23.3 Å². The Morgan fingerprint density at radius 1 is 1.73 bits per heavy atom. The Bertz CT molecular complexity index is 206. The number of aromatic amines is 1. The van der Waals surface area contributed by atoms with E-state index < -0.39 is 0 Å². The first kappa shape index (κ1) is 8.07. The van der Waals surface area contributed by atoms with Crippen molar-refractivity contribution >= 4 is 5.69 Å². The molecule has 1 aromatic rings. The first-order chi connectivity index (χ1) is 5.38. The molecule has 0 bridgehead atoms. The SMILES string of the molecule is CCc1[nH]ncc1NCCN. The van der Waals surface area contributed by atoms with Gasteiger partial charge in [0.2, 0.25) is 0 Å². The molecular formula is C7H14N4. The Labute approximate surface area is 66.2 Å². The molecule has 62 valence electrons. The van der Waals surface area contributed by atoms with Crippen LogP contribution in [0.4, 0.5) is 5.69 Å². The fourth-order valence-corrected chi connectivity index (χ4v) is 0.942. The second-order valence-corrected chi connectivity index (χ2v) is 2.33. The Hall–Kier alpha value is -1.03. The fourth-order valence-electron chi connectivity index (χ4n) is 0.942. The number of rotatable bonds is 4. The molecule has 11 heavy (non-hydrogen) atoms. The zero-order valence-corrected chi connectivity index (χ0v) is 6.72. The van der Waals surface area contributed by atoms with E-state index in [0.29, 0.717) is 6.54 Å². The van der Waals surface area contributed by atoms with Gasteiger partial charge < -0.3 is 11.1 Å². The average molecular weight is 154 g/mol. The van der Waals surface area contributed by atoms with Crippen LogP contribution in [0.5, 0.6) is 0 Å². The zero-order valence-electron chi connectivity index (χ0n) is 6.72. The number of hydrogen-bond donors (Lipinski definition) is 3. The molecule has 0 spiro atoms. The summed E-state index contributed by atoms with van der Waals surface area (Å²) in [5.74, 6) is 0. The summed E-state index contributed by atoms with van der Waals surface area (Å²) in [7, 11) is 0. The van der Waals surface area contributed by atoms with Gasteiger partial charge >= 0.3 is 0 Å². The van der Waals surface area contributed by atoms with Gasteiger partial charge in [0.25, 0.3) is 0 Å². The van der Waals surface area contributed by atoms with Crippen LogP contribution in [0.2, 0.25) is 0 Å². The molecule has 0 saturated heterocycles. The van der Waals surface area contributed by atoms with Crippen LogP contribution in [0.15, 0.2) is 6.20 Å². The number of anilines is 1. The summed E-state index contributed by atoms with van der Waals surface area (Å²) in [6.07, 6.45) is 2.75. The van der Waals surface area contributed by atoms with E-state index in [-0.39, 0.29) is 0 Å². The first-order valence-electron chi connectivity index (χ1n) is 3.84. The van der Waals surface area contributed by atoms with Gasteiger partial charge in [0.05, 0.1) is 17.6 Å². The van der Waals surface area contributed by atoms with Gasteiger partial charge in [0.15, 0.2) is 0 Å². The number of aromatic nitrogens is 2. The van der Waals surface area contributed by atoms with E-state index >= 15 is 0 Å². The summed E-state index contributed by atoms with van der Waals surface area (Å²) in [6, 6.07) is 0. The predicted molar refractivity (Wildman–Crippen MR) is 45.5 cm³/mol. The van der Waals surface area contributed by atoms with Crippen LogP contribution < -0.4 is 11.1 Å². The maximum Gasteiger partial charge on any atom is 0.0756 e. The fraction of sp³-hybridized carbons (Fsp3) is 0.571. The molecular weight excluding hydrogens is 140 g/mol. The van der Waals surface area contributed by atoms with E-state index in [2.05, 4.69) is 22.4 Å². The molecule has 1 rings (SSSR count). The van der Waals surface area contributed by atoms with Crippen LogP contribution in [0, 0.1) is 0 Å². The highest BCUT2D eigenvalue weighted by Crippen LogP contribution is 2.10. The van der Waals surface area contributed by atoms with Crippen molar-refractivity contribution in [1.82, 2.24) is 10.2 Å². The molecule has 0 saturated carbocycles. The second-order valence-electron chi connectivity index (χ2n) is 2.33. The van der Waals surface area contributed by atoms with Crippen LogP contribution in [-0.2, 0) is 6.42 Å². The number of hydrogen-bond acceptors (Lipinski definition) is 3. The molecule has 0 unspecified atom stereocenters. The van der Waals surface area contributed by atoms with Gasteiger partial charge in [-0.05, 0) is 6.42 Å². The standard InChI is InChI=1S/C7H14N4/c1-2-6-7(5-10-11-6)9-4-3-8/h5,9H,2-4,8H2,1H3,(H,10,11). The molecule has 0 aliphatic heterocycles. The Morgan fingerprint density at radius 2 is 2.55 bits per heavy atom. The van der Waals surface area contributed by atoms with Crippen molar-refractivity contribution in [2.45, 2.75) is 13.3 Å². The van der Waals surface area contributed by atoms with Crippen LogP contribution in [0.1, 0.15) is 12.6 Å². The molecule has 0 atom stereocenters. The molecule has 1 aromatic heterocycles. The lowest BCUT2D eigenvalue weighted by Crippen LogP contribution is -2.13. The van der Waals surface area contributed by atoms with Crippen molar-refractivity contribution in [3.8, 4) is 0 Å². The lowest BCUT2D eigenvalue weighted by atomic mass is 10.3. The van der Waals surface area contributed by atoms with E-state index in [4.69, 9.17) is 5.73 Å². The number of aryl methyl sites for hydroxylation is 1. The summed E-state index contributed by atoms with van der Waals surface area (Å²) < 4.78 is 0. The van der Waals surface area contributed by atoms with Gasteiger partial charge in [0, 0.05) is 13.1 Å². The maximum atomic E-state index is 5.34. The summed E-state index contributed by atoms with van der Waals surface area (Å²) in [6.45, 7) is 3.53. The molecule has 4 nitrogen and oxygen atoms in total. The molecule has 4 heteroatoms. The smallest absolute Gasteiger partial charge is 0.0756 e.